The summed E-state index contributed by atoms with van der Waals surface area (Å²) in [7, 11) is 0. The predicted octanol–water partition coefficient (Wildman–Crippen LogP) is 2.95. The van der Waals surface area contributed by atoms with Gasteiger partial charge in [0.05, 0.1) is 12.3 Å². The van der Waals surface area contributed by atoms with E-state index in [1.165, 1.54) is 6.33 Å². The number of rotatable bonds is 6. The Hall–Kier alpha value is -2.70. The van der Waals surface area contributed by atoms with Crippen LogP contribution in [0.4, 0.5) is 5.69 Å². The predicted molar refractivity (Wildman–Crippen MR) is 97.4 cm³/mol. The Bertz CT molecular complexity index is 725. The molecule has 0 bridgehead atoms. The average molecular weight is 343 g/mol. The van der Waals surface area contributed by atoms with Crippen LogP contribution in [0.25, 0.3) is 0 Å². The molecule has 0 radical (unpaired) electrons. The molecule has 7 nitrogen and oxygen atoms in total. The summed E-state index contributed by atoms with van der Waals surface area (Å²) < 4.78 is 1.67. The van der Waals surface area contributed by atoms with Crippen molar-refractivity contribution in [1.29, 1.82) is 0 Å². The molecule has 1 amide bonds. The number of carbonyl (C=O) groups is 1. The SMILES string of the molecule is Cc1cccc(C)c1NC(=O)CO/N=C(\Cn1cncn1)C(C)(C)C. The second-order valence-corrected chi connectivity index (χ2v) is 6.97. The highest BCUT2D eigenvalue weighted by Crippen LogP contribution is 2.20. The third-order valence-corrected chi connectivity index (χ3v) is 3.76. The molecule has 0 saturated carbocycles. The Kier molecular flexibility index (Phi) is 5.90. The van der Waals surface area contributed by atoms with Gasteiger partial charge in [-0.3, -0.25) is 4.79 Å². The van der Waals surface area contributed by atoms with Crippen molar-refractivity contribution in [2.45, 2.75) is 41.2 Å². The number of nitrogens with zero attached hydrogens (tertiary/aromatic N) is 4. The van der Waals surface area contributed by atoms with Crippen molar-refractivity contribution < 1.29 is 9.63 Å². The van der Waals surface area contributed by atoms with E-state index in [0.717, 1.165) is 22.5 Å². The van der Waals surface area contributed by atoms with Crippen molar-refractivity contribution in [1.82, 2.24) is 14.8 Å². The molecule has 7 heteroatoms. The van der Waals surface area contributed by atoms with Crippen LogP contribution in [0.5, 0.6) is 0 Å². The molecule has 0 aliphatic rings. The van der Waals surface area contributed by atoms with Crippen LogP contribution in [0.2, 0.25) is 0 Å². The lowest BCUT2D eigenvalue weighted by atomic mass is 9.90. The summed E-state index contributed by atoms with van der Waals surface area (Å²) >= 11 is 0. The Morgan fingerprint density at radius 3 is 2.52 bits per heavy atom. The van der Waals surface area contributed by atoms with Crippen molar-refractivity contribution in [3.05, 3.63) is 42.0 Å². The summed E-state index contributed by atoms with van der Waals surface area (Å²) in [6.07, 6.45) is 3.09. The zero-order valence-electron chi connectivity index (χ0n) is 15.4. The molecule has 1 aromatic carbocycles. The number of hydrogen-bond acceptors (Lipinski definition) is 5. The van der Waals surface area contributed by atoms with Crippen LogP contribution < -0.4 is 5.32 Å². The monoisotopic (exact) mass is 343 g/mol. The highest BCUT2D eigenvalue weighted by Gasteiger charge is 2.21. The van der Waals surface area contributed by atoms with Gasteiger partial charge in [-0.25, -0.2) is 9.67 Å². The minimum atomic E-state index is -0.241. The maximum absolute atomic E-state index is 12.1. The number of para-hydroxylation sites is 1. The summed E-state index contributed by atoms with van der Waals surface area (Å²) in [5.74, 6) is -0.241. The van der Waals surface area contributed by atoms with E-state index in [2.05, 4.69) is 20.6 Å². The first-order valence-corrected chi connectivity index (χ1v) is 8.15. The van der Waals surface area contributed by atoms with E-state index < -0.39 is 0 Å². The normalized spacial score (nSPS) is 12.1. The third kappa shape index (κ3) is 5.41. The van der Waals surface area contributed by atoms with Crippen molar-refractivity contribution in [3.63, 3.8) is 0 Å². The topological polar surface area (TPSA) is 81.4 Å². The van der Waals surface area contributed by atoms with Gasteiger partial charge in [0, 0.05) is 11.1 Å². The van der Waals surface area contributed by atoms with E-state index in [4.69, 9.17) is 4.84 Å². The molecule has 2 rings (SSSR count). The lowest BCUT2D eigenvalue weighted by Crippen LogP contribution is -2.27. The van der Waals surface area contributed by atoms with E-state index in [1.807, 2.05) is 52.8 Å². The number of benzene rings is 1. The summed E-state index contributed by atoms with van der Waals surface area (Å²) in [6.45, 7) is 10.3. The molecule has 0 atom stereocenters. The molecule has 2 aromatic rings. The number of amides is 1. The summed E-state index contributed by atoms with van der Waals surface area (Å²) in [5, 5.41) is 11.1. The van der Waals surface area contributed by atoms with Crippen molar-refractivity contribution in [3.8, 4) is 0 Å². The smallest absolute Gasteiger partial charge is 0.265 e. The lowest BCUT2D eigenvalue weighted by Gasteiger charge is -2.20. The maximum Gasteiger partial charge on any atom is 0.265 e. The van der Waals surface area contributed by atoms with Crippen LogP contribution in [-0.4, -0.2) is 33.0 Å². The number of aryl methyl sites for hydroxylation is 2. The molecular weight excluding hydrogens is 318 g/mol. The molecule has 1 N–H and O–H groups in total. The van der Waals surface area contributed by atoms with Gasteiger partial charge in [-0.05, 0) is 25.0 Å². The van der Waals surface area contributed by atoms with Crippen LogP contribution >= 0.6 is 0 Å². The number of carbonyl (C=O) groups excluding carboxylic acids is 1. The fraction of sp³-hybridized carbons (Fsp3) is 0.444. The number of hydrogen-bond donors (Lipinski definition) is 1. The minimum Gasteiger partial charge on any atom is -0.386 e. The summed E-state index contributed by atoms with van der Waals surface area (Å²) in [4.78, 5) is 21.4. The maximum atomic E-state index is 12.1. The van der Waals surface area contributed by atoms with Crippen molar-refractivity contribution in [2.75, 3.05) is 11.9 Å². The van der Waals surface area contributed by atoms with Crippen LogP contribution in [0.3, 0.4) is 0 Å². The lowest BCUT2D eigenvalue weighted by molar-refractivity contribution is -0.120. The largest absolute Gasteiger partial charge is 0.386 e. The summed E-state index contributed by atoms with van der Waals surface area (Å²) in [6, 6.07) is 5.87. The Morgan fingerprint density at radius 1 is 1.28 bits per heavy atom. The molecule has 134 valence electrons. The van der Waals surface area contributed by atoms with Gasteiger partial charge in [-0.15, -0.1) is 0 Å². The highest BCUT2D eigenvalue weighted by molar-refractivity contribution is 5.93. The van der Waals surface area contributed by atoms with Gasteiger partial charge >= 0.3 is 0 Å². The van der Waals surface area contributed by atoms with Crippen LogP contribution in [-0.2, 0) is 16.2 Å². The van der Waals surface area contributed by atoms with E-state index in [-0.39, 0.29) is 17.9 Å². The van der Waals surface area contributed by atoms with E-state index in [9.17, 15) is 4.79 Å². The fourth-order valence-electron chi connectivity index (χ4n) is 2.23. The van der Waals surface area contributed by atoms with Gasteiger partial charge in [-0.1, -0.05) is 44.1 Å². The zero-order valence-corrected chi connectivity index (χ0v) is 15.4. The standard InChI is InChI=1S/C18H25N5O2/c1-13-7-6-8-14(2)17(13)21-16(24)10-25-22-15(18(3,4)5)9-23-12-19-11-20-23/h6-8,11-12H,9-10H2,1-5H3,(H,21,24)/b22-15+. The first-order valence-electron chi connectivity index (χ1n) is 8.15. The molecule has 0 fully saturated rings. The van der Waals surface area contributed by atoms with Gasteiger partial charge in [-0.2, -0.15) is 5.10 Å². The number of nitrogens with one attached hydrogen (secondary N) is 1. The van der Waals surface area contributed by atoms with E-state index >= 15 is 0 Å². The Balaban J connectivity index is 1.98. The average Bonchev–Trinajstić information content (AvgIpc) is 3.02. The van der Waals surface area contributed by atoms with Gasteiger partial charge in [0.25, 0.3) is 5.91 Å². The van der Waals surface area contributed by atoms with E-state index in [0.29, 0.717) is 6.54 Å². The molecule has 1 aromatic heterocycles. The molecular formula is C18H25N5O2. The zero-order chi connectivity index (χ0) is 18.4. The quantitative estimate of drug-likeness (QED) is 0.646. The fourth-order valence-corrected chi connectivity index (χ4v) is 2.23. The van der Waals surface area contributed by atoms with Gasteiger partial charge in [0.15, 0.2) is 6.61 Å². The molecule has 0 aliphatic heterocycles. The molecule has 0 spiro atoms. The van der Waals surface area contributed by atoms with Gasteiger partial charge in [0.1, 0.15) is 12.7 Å². The third-order valence-electron chi connectivity index (χ3n) is 3.76. The Labute approximate surface area is 148 Å². The second-order valence-electron chi connectivity index (χ2n) is 6.97. The number of anilines is 1. The first kappa shape index (κ1) is 18.6. The van der Waals surface area contributed by atoms with Crippen molar-refractivity contribution >= 4 is 17.3 Å². The molecule has 0 unspecified atom stereocenters. The van der Waals surface area contributed by atoms with Crippen LogP contribution in [0, 0.1) is 19.3 Å². The minimum absolute atomic E-state index is 0.148. The Morgan fingerprint density at radius 2 is 1.96 bits per heavy atom. The second kappa shape index (κ2) is 7.92. The van der Waals surface area contributed by atoms with Gasteiger partial charge in [0.2, 0.25) is 0 Å². The molecule has 1 heterocycles. The first-order chi connectivity index (χ1) is 11.8. The van der Waals surface area contributed by atoms with Gasteiger partial charge < -0.3 is 10.2 Å². The van der Waals surface area contributed by atoms with Crippen LogP contribution in [0.15, 0.2) is 36.0 Å². The van der Waals surface area contributed by atoms with E-state index in [1.54, 1.807) is 11.0 Å². The van der Waals surface area contributed by atoms with Crippen molar-refractivity contribution in [2.24, 2.45) is 10.6 Å². The highest BCUT2D eigenvalue weighted by atomic mass is 16.6. The summed E-state index contributed by atoms with van der Waals surface area (Å²) in [5.41, 5.74) is 3.41. The molecule has 0 saturated heterocycles. The molecule has 0 aliphatic carbocycles. The van der Waals surface area contributed by atoms with Crippen LogP contribution in [0.1, 0.15) is 31.9 Å². The molecule has 25 heavy (non-hydrogen) atoms. The number of oxime groups is 1. The number of aromatic nitrogens is 3.